The molecule has 0 saturated carbocycles. The second kappa shape index (κ2) is 10.2. The lowest BCUT2D eigenvalue weighted by molar-refractivity contribution is -0.123. The fourth-order valence-corrected chi connectivity index (χ4v) is 1.17. The van der Waals surface area contributed by atoms with Crippen LogP contribution in [0.2, 0.25) is 0 Å². The predicted octanol–water partition coefficient (Wildman–Crippen LogP) is 0.446. The van der Waals surface area contributed by atoms with Gasteiger partial charge in [0.15, 0.2) is 11.6 Å². The van der Waals surface area contributed by atoms with Gasteiger partial charge in [-0.1, -0.05) is 34.6 Å². The van der Waals surface area contributed by atoms with Gasteiger partial charge in [-0.15, -0.1) is 0 Å². The lowest BCUT2D eigenvalue weighted by Gasteiger charge is -2.09. The summed E-state index contributed by atoms with van der Waals surface area (Å²) in [6.45, 7) is 9.55. The van der Waals surface area contributed by atoms with Gasteiger partial charge in [0.2, 0.25) is 0 Å². The van der Waals surface area contributed by atoms with E-state index in [0.717, 1.165) is 6.42 Å². The molecule has 0 fully saturated rings. The number of carbonyl (C=O) groups excluding carboxylic acids is 2. The zero-order valence-corrected chi connectivity index (χ0v) is 12.3. The number of hydrogen-bond acceptors (Lipinski definition) is 5. The van der Waals surface area contributed by atoms with E-state index in [1.54, 1.807) is 0 Å². The molecular weight excluding hydrogens is 230 g/mol. The van der Waals surface area contributed by atoms with E-state index in [2.05, 4.69) is 0 Å². The summed E-state index contributed by atoms with van der Waals surface area (Å²) < 4.78 is 0. The van der Waals surface area contributed by atoms with Crippen molar-refractivity contribution in [1.82, 2.24) is 0 Å². The Labute approximate surface area is 110 Å². The fraction of sp³-hybridized carbons (Fsp3) is 0.846. The first-order chi connectivity index (χ1) is 8.18. The van der Waals surface area contributed by atoms with E-state index in [9.17, 15) is 9.59 Å². The van der Waals surface area contributed by atoms with Crippen molar-refractivity contribution < 1.29 is 9.59 Å². The number of Topliss-reactive ketones (excluding diaryl/α,β-unsaturated/α-hetero) is 2. The fourth-order valence-electron chi connectivity index (χ4n) is 1.17. The summed E-state index contributed by atoms with van der Waals surface area (Å²) in [6, 6.07) is -0.713. The molecule has 0 saturated heterocycles. The molecule has 18 heavy (non-hydrogen) atoms. The summed E-state index contributed by atoms with van der Waals surface area (Å²) in [6.07, 6.45) is 0.747. The largest absolute Gasteiger partial charge is 0.328 e. The number of rotatable bonds is 6. The summed E-state index contributed by atoms with van der Waals surface area (Å²) in [5.41, 5.74) is 16.0. The third kappa shape index (κ3) is 8.33. The molecule has 0 heterocycles. The van der Waals surface area contributed by atoms with E-state index < -0.39 is 6.04 Å². The summed E-state index contributed by atoms with van der Waals surface area (Å²) in [5.74, 6) is 0.290. The third-order valence-electron chi connectivity index (χ3n) is 2.56. The molecule has 5 nitrogen and oxygen atoms in total. The monoisotopic (exact) mass is 259 g/mol. The highest BCUT2D eigenvalue weighted by molar-refractivity contribution is 5.85. The van der Waals surface area contributed by atoms with Crippen molar-refractivity contribution in [2.75, 3.05) is 6.54 Å². The Hall–Kier alpha value is -0.780. The summed E-state index contributed by atoms with van der Waals surface area (Å²) in [5, 5.41) is 0. The van der Waals surface area contributed by atoms with Crippen LogP contribution in [0.25, 0.3) is 0 Å². The molecule has 2 atom stereocenters. The second-order valence-corrected chi connectivity index (χ2v) is 4.97. The average molecular weight is 259 g/mol. The zero-order valence-electron chi connectivity index (χ0n) is 12.3. The van der Waals surface area contributed by atoms with Gasteiger partial charge in [0.25, 0.3) is 0 Å². The van der Waals surface area contributed by atoms with Crippen LogP contribution in [-0.2, 0) is 9.59 Å². The van der Waals surface area contributed by atoms with Crippen LogP contribution in [0.1, 0.15) is 41.0 Å². The molecule has 5 heteroatoms. The van der Waals surface area contributed by atoms with Crippen LogP contribution < -0.4 is 17.2 Å². The first kappa shape index (κ1) is 19.6. The molecular formula is C13H29N3O2. The van der Waals surface area contributed by atoms with Crippen molar-refractivity contribution in [3.05, 3.63) is 0 Å². The number of nitrogens with two attached hydrogens (primary N) is 3. The molecule has 0 aromatic heterocycles. The van der Waals surface area contributed by atoms with Gasteiger partial charge in [-0.2, -0.15) is 0 Å². The van der Waals surface area contributed by atoms with Crippen LogP contribution in [0.4, 0.5) is 0 Å². The van der Waals surface area contributed by atoms with Crippen molar-refractivity contribution >= 4 is 11.6 Å². The Morgan fingerprint density at radius 3 is 1.33 bits per heavy atom. The van der Waals surface area contributed by atoms with E-state index >= 15 is 0 Å². The highest BCUT2D eigenvalue weighted by atomic mass is 16.1. The van der Waals surface area contributed by atoms with Crippen molar-refractivity contribution in [3.8, 4) is 0 Å². The van der Waals surface area contributed by atoms with Gasteiger partial charge >= 0.3 is 0 Å². The lowest BCUT2D eigenvalue weighted by Crippen LogP contribution is -2.40. The van der Waals surface area contributed by atoms with Gasteiger partial charge in [0.05, 0.1) is 12.1 Å². The van der Waals surface area contributed by atoms with Crippen LogP contribution in [0, 0.1) is 11.8 Å². The molecule has 108 valence electrons. The molecule has 0 unspecified atom stereocenters. The second-order valence-electron chi connectivity index (χ2n) is 4.97. The third-order valence-corrected chi connectivity index (χ3v) is 2.56. The van der Waals surface area contributed by atoms with E-state index in [1.807, 2.05) is 34.6 Å². The smallest absolute Gasteiger partial charge is 0.153 e. The van der Waals surface area contributed by atoms with Gasteiger partial charge in [-0.05, 0) is 6.42 Å². The molecule has 0 aromatic carbocycles. The molecule has 0 bridgehead atoms. The minimum Gasteiger partial charge on any atom is -0.328 e. The Balaban J connectivity index is 0. The summed E-state index contributed by atoms with van der Waals surface area (Å²) >= 11 is 0. The summed E-state index contributed by atoms with van der Waals surface area (Å²) in [7, 11) is 0. The Morgan fingerprint density at radius 2 is 1.22 bits per heavy atom. The minimum absolute atomic E-state index is 0.00329. The molecule has 0 radical (unpaired) electrons. The quantitative estimate of drug-likeness (QED) is 0.641. The number of ketones is 2. The standard InChI is InChI=1S/C7H15NO.C6H14N2O/c1-4-6(8)7(9)5(2)3;1-4(2)6(9)5(8)3-7/h5-6H,4,8H2,1-3H3;4-5H,3,7-8H2,1-2H3/t6-;5-/m10/s1. The Morgan fingerprint density at radius 1 is 0.889 bits per heavy atom. The highest BCUT2D eigenvalue weighted by Crippen LogP contribution is 1.99. The van der Waals surface area contributed by atoms with Gasteiger partial charge in [-0.3, -0.25) is 9.59 Å². The van der Waals surface area contributed by atoms with Crippen molar-refractivity contribution in [3.63, 3.8) is 0 Å². The maximum atomic E-state index is 10.9. The molecule has 0 amide bonds. The Bertz CT molecular complexity index is 227. The van der Waals surface area contributed by atoms with Gasteiger partial charge in [0, 0.05) is 18.4 Å². The average Bonchev–Trinajstić information content (AvgIpc) is 2.35. The van der Waals surface area contributed by atoms with Crippen molar-refractivity contribution in [2.45, 2.75) is 53.1 Å². The van der Waals surface area contributed by atoms with Crippen molar-refractivity contribution in [1.29, 1.82) is 0 Å². The normalized spacial score (nSPS) is 13.9. The van der Waals surface area contributed by atoms with Crippen LogP contribution in [0.15, 0.2) is 0 Å². The zero-order chi connectivity index (χ0) is 14.9. The van der Waals surface area contributed by atoms with Gasteiger partial charge in [0.1, 0.15) is 0 Å². The van der Waals surface area contributed by atoms with Gasteiger partial charge < -0.3 is 17.2 Å². The molecule has 0 spiro atoms. The lowest BCUT2D eigenvalue weighted by atomic mass is 10.0. The topological polar surface area (TPSA) is 112 Å². The van der Waals surface area contributed by atoms with Crippen LogP contribution in [0.3, 0.4) is 0 Å². The van der Waals surface area contributed by atoms with E-state index in [-0.39, 0.29) is 36.0 Å². The molecule has 0 aromatic rings. The van der Waals surface area contributed by atoms with Crippen LogP contribution >= 0.6 is 0 Å². The van der Waals surface area contributed by atoms with Crippen LogP contribution in [0.5, 0.6) is 0 Å². The molecule has 0 aliphatic carbocycles. The molecule has 0 aliphatic rings. The first-order valence-corrected chi connectivity index (χ1v) is 6.47. The van der Waals surface area contributed by atoms with E-state index in [1.165, 1.54) is 0 Å². The molecule has 0 aliphatic heterocycles. The van der Waals surface area contributed by atoms with E-state index in [0.29, 0.717) is 0 Å². The van der Waals surface area contributed by atoms with Crippen LogP contribution in [-0.4, -0.2) is 30.2 Å². The maximum absolute atomic E-state index is 10.9. The minimum atomic E-state index is -0.468. The Kier molecular flexibility index (Phi) is 11.1. The van der Waals surface area contributed by atoms with Crippen molar-refractivity contribution in [2.24, 2.45) is 29.0 Å². The first-order valence-electron chi connectivity index (χ1n) is 6.47. The highest BCUT2D eigenvalue weighted by Gasteiger charge is 2.14. The maximum Gasteiger partial charge on any atom is 0.153 e. The van der Waals surface area contributed by atoms with E-state index in [4.69, 9.17) is 17.2 Å². The summed E-state index contributed by atoms with van der Waals surface area (Å²) in [4.78, 5) is 21.8. The number of carbonyl (C=O) groups is 2. The molecule has 0 rings (SSSR count). The van der Waals surface area contributed by atoms with Gasteiger partial charge in [-0.25, -0.2) is 0 Å². The molecule has 6 N–H and O–H groups in total. The predicted molar refractivity (Wildman–Crippen MR) is 75.0 cm³/mol. The number of hydrogen-bond donors (Lipinski definition) is 3. The SMILES string of the molecule is CC(C)C(=O)[C@@H](N)CN.CC[C@@H](N)C(=O)C(C)C.